The Balaban J connectivity index is 1.73. The number of esters is 1. The molecule has 1 aromatic rings. The average molecular weight is 625 g/mol. The van der Waals surface area contributed by atoms with E-state index >= 15 is 0 Å². The van der Waals surface area contributed by atoms with E-state index in [-0.39, 0.29) is 68.7 Å². The number of rotatable bonds is 16. The number of amides is 2. The second kappa shape index (κ2) is 17.9. The van der Waals surface area contributed by atoms with Crippen LogP contribution in [-0.4, -0.2) is 72.8 Å². The van der Waals surface area contributed by atoms with Crippen molar-refractivity contribution in [1.29, 1.82) is 0 Å². The summed E-state index contributed by atoms with van der Waals surface area (Å²) in [6, 6.07) is 4.81. The van der Waals surface area contributed by atoms with Crippen molar-refractivity contribution in [2.24, 2.45) is 11.8 Å². The topological polar surface area (TPSA) is 168 Å². The van der Waals surface area contributed by atoms with Gasteiger partial charge < -0.3 is 34.1 Å². The number of hydrogen-bond donors (Lipinski definition) is 3. The average Bonchev–Trinajstić information content (AvgIpc) is 2.93. The highest BCUT2D eigenvalue weighted by Gasteiger charge is 2.43. The van der Waals surface area contributed by atoms with Crippen molar-refractivity contribution >= 4 is 29.4 Å². The van der Waals surface area contributed by atoms with Crippen molar-refractivity contribution < 1.29 is 52.8 Å². The van der Waals surface area contributed by atoms with Crippen molar-refractivity contribution in [3.8, 4) is 5.75 Å². The third kappa shape index (κ3) is 13.2. The maximum absolute atomic E-state index is 12.5. The van der Waals surface area contributed by atoms with Crippen molar-refractivity contribution in [2.75, 3.05) is 25.1 Å². The Bertz CT molecular complexity index is 1100. The Morgan fingerprint density at radius 1 is 0.977 bits per heavy atom. The molecule has 2 rings (SSSR count). The molecule has 5 atom stereocenters. The lowest BCUT2D eigenvalue weighted by Crippen LogP contribution is -2.52. The highest BCUT2D eigenvalue weighted by Crippen LogP contribution is 2.35. The highest BCUT2D eigenvalue weighted by atomic mass is 16.7. The van der Waals surface area contributed by atoms with Gasteiger partial charge >= 0.3 is 12.1 Å². The van der Waals surface area contributed by atoms with Gasteiger partial charge in [-0.2, -0.15) is 5.48 Å². The molecule has 1 fully saturated rings. The molecular weight excluding hydrogens is 576 g/mol. The van der Waals surface area contributed by atoms with E-state index in [0.29, 0.717) is 30.0 Å². The quantitative estimate of drug-likeness (QED) is 0.138. The molecule has 0 bridgehead atoms. The first kappa shape index (κ1) is 36.9. The lowest BCUT2D eigenvalue weighted by molar-refractivity contribution is -0.243. The predicted octanol–water partition coefficient (Wildman–Crippen LogP) is 4.05. The largest absolute Gasteiger partial charge is 0.460 e. The Morgan fingerprint density at radius 3 is 2.36 bits per heavy atom. The lowest BCUT2D eigenvalue weighted by atomic mass is 9.84. The fourth-order valence-corrected chi connectivity index (χ4v) is 4.44. The number of hydroxylamine groups is 1. The summed E-state index contributed by atoms with van der Waals surface area (Å²) in [6.07, 6.45) is -1.49. The van der Waals surface area contributed by atoms with Gasteiger partial charge in [0.05, 0.1) is 25.9 Å². The molecule has 248 valence electrons. The molecule has 2 unspecified atom stereocenters. The second-order valence-corrected chi connectivity index (χ2v) is 11.9. The molecule has 44 heavy (non-hydrogen) atoms. The summed E-state index contributed by atoms with van der Waals surface area (Å²) in [7, 11) is 0. The van der Waals surface area contributed by atoms with Crippen molar-refractivity contribution in [3.05, 3.63) is 23.8 Å². The van der Waals surface area contributed by atoms with Crippen LogP contribution in [0.4, 0.5) is 10.5 Å². The molecule has 0 aliphatic carbocycles. The van der Waals surface area contributed by atoms with Gasteiger partial charge in [-0.3, -0.25) is 19.2 Å². The van der Waals surface area contributed by atoms with Crippen LogP contribution in [0.2, 0.25) is 0 Å². The zero-order valence-electron chi connectivity index (χ0n) is 26.8. The summed E-state index contributed by atoms with van der Waals surface area (Å²) >= 11 is 0. The summed E-state index contributed by atoms with van der Waals surface area (Å²) in [5.41, 5.74) is 2.38. The number of Topliss-reactive ketones (excluding diaryl/α,β-unsaturated/α-hetero) is 1. The molecule has 1 aliphatic heterocycles. The fourth-order valence-electron chi connectivity index (χ4n) is 4.44. The molecule has 1 aliphatic rings. The normalized spacial score (nSPS) is 21.7. The number of carbonyl (C=O) groups excluding carboxylic acids is 4. The first-order valence-corrected chi connectivity index (χ1v) is 14.9. The summed E-state index contributed by atoms with van der Waals surface area (Å²) in [5, 5.41) is 12.7. The van der Waals surface area contributed by atoms with Crippen LogP contribution in [0.5, 0.6) is 5.75 Å². The number of ether oxygens (including phenoxy) is 5. The number of anilines is 1. The van der Waals surface area contributed by atoms with Crippen molar-refractivity contribution in [3.63, 3.8) is 0 Å². The summed E-state index contributed by atoms with van der Waals surface area (Å²) < 4.78 is 28.0. The highest BCUT2D eigenvalue weighted by molar-refractivity contribution is 5.93. The molecule has 1 aromatic carbocycles. The number of nitrogens with one attached hydrogen (secondary N) is 2. The predicted molar refractivity (Wildman–Crippen MR) is 159 cm³/mol. The minimum Gasteiger partial charge on any atom is -0.460 e. The SMILES string of the molecule is CC(=O)OC1[C@H](Oc2ccc(NC(=O)CCC(=O)CCCOCCONC(=O)OC(C)(C)C)cc2CO)OC(C)[C@@H](C)[C@@H]1C. The van der Waals surface area contributed by atoms with Gasteiger partial charge in [0.25, 0.3) is 0 Å². The molecule has 1 heterocycles. The molecule has 0 radical (unpaired) electrons. The molecule has 0 aromatic heterocycles. The number of aliphatic hydroxyl groups is 1. The Hall–Kier alpha value is -3.26. The smallest absolute Gasteiger partial charge is 0.431 e. The lowest BCUT2D eigenvalue weighted by Gasteiger charge is -2.42. The summed E-state index contributed by atoms with van der Waals surface area (Å²) in [6.45, 7) is 12.8. The number of aliphatic hydroxyl groups excluding tert-OH is 1. The van der Waals surface area contributed by atoms with Crippen LogP contribution in [0.15, 0.2) is 18.2 Å². The molecule has 1 saturated heterocycles. The molecule has 3 N–H and O–H groups in total. The van der Waals surface area contributed by atoms with Crippen LogP contribution in [0.1, 0.15) is 79.7 Å². The van der Waals surface area contributed by atoms with Crippen molar-refractivity contribution in [2.45, 2.75) is 105 Å². The fraction of sp³-hybridized carbons (Fsp3) is 0.677. The number of ketones is 1. The van der Waals surface area contributed by atoms with Gasteiger partial charge in [0.1, 0.15) is 17.1 Å². The maximum atomic E-state index is 12.5. The Morgan fingerprint density at radius 2 is 1.70 bits per heavy atom. The third-order valence-electron chi connectivity index (χ3n) is 7.02. The number of benzene rings is 1. The summed E-state index contributed by atoms with van der Waals surface area (Å²) in [5.74, 6) is -0.401. The van der Waals surface area contributed by atoms with E-state index in [2.05, 4.69) is 10.8 Å². The second-order valence-electron chi connectivity index (χ2n) is 11.9. The van der Waals surface area contributed by atoms with Crippen LogP contribution >= 0.6 is 0 Å². The molecule has 13 heteroatoms. The first-order valence-electron chi connectivity index (χ1n) is 14.9. The zero-order valence-corrected chi connectivity index (χ0v) is 26.8. The Labute approximate surface area is 259 Å². The molecule has 0 spiro atoms. The molecular formula is C31H48N2O11. The van der Waals surface area contributed by atoms with Crippen LogP contribution in [0.3, 0.4) is 0 Å². The van der Waals surface area contributed by atoms with Crippen LogP contribution in [-0.2, 0) is 44.8 Å². The Kier molecular flexibility index (Phi) is 15.0. The van der Waals surface area contributed by atoms with Gasteiger partial charge in [0.2, 0.25) is 12.2 Å². The minimum absolute atomic E-state index is 0.00448. The van der Waals surface area contributed by atoms with E-state index in [1.165, 1.54) is 6.92 Å². The number of hydrogen-bond acceptors (Lipinski definition) is 11. The van der Waals surface area contributed by atoms with E-state index in [1.807, 2.05) is 20.8 Å². The van der Waals surface area contributed by atoms with Crippen LogP contribution < -0.4 is 15.5 Å². The monoisotopic (exact) mass is 624 g/mol. The maximum Gasteiger partial charge on any atom is 0.431 e. The standard InChI is InChI=1S/C31H48N2O11/c1-19-20(2)28(42-22(4)35)29(41-21(19)3)43-26-12-10-24(17-23(26)18-34)32-27(37)13-11-25(36)9-8-14-39-15-16-40-33-30(38)44-31(5,6)7/h10,12,17,19-21,28-29,34H,8-9,11,13-16,18H2,1-7H3,(H,32,37)(H,33,38)/t19-,20-,21?,28?,29-/m0/s1. The van der Waals surface area contributed by atoms with Gasteiger partial charge in [-0.1, -0.05) is 13.8 Å². The zero-order chi connectivity index (χ0) is 32.9. The molecule has 2 amide bonds. The summed E-state index contributed by atoms with van der Waals surface area (Å²) in [4.78, 5) is 52.8. The van der Waals surface area contributed by atoms with E-state index < -0.39 is 30.1 Å². The third-order valence-corrected chi connectivity index (χ3v) is 7.02. The van der Waals surface area contributed by atoms with E-state index in [9.17, 15) is 24.3 Å². The van der Waals surface area contributed by atoms with E-state index in [4.69, 9.17) is 28.5 Å². The van der Waals surface area contributed by atoms with Crippen LogP contribution in [0.25, 0.3) is 0 Å². The number of carbonyl (C=O) groups is 4. The molecule has 0 saturated carbocycles. The van der Waals surface area contributed by atoms with Gasteiger partial charge in [-0.05, 0) is 58.2 Å². The van der Waals surface area contributed by atoms with Gasteiger partial charge in [-0.25, -0.2) is 4.79 Å². The van der Waals surface area contributed by atoms with E-state index in [1.54, 1.807) is 39.0 Å². The van der Waals surface area contributed by atoms with Gasteiger partial charge in [0.15, 0.2) is 6.10 Å². The minimum atomic E-state index is -0.864. The van der Waals surface area contributed by atoms with Gasteiger partial charge in [0, 0.05) is 50.0 Å². The van der Waals surface area contributed by atoms with Crippen molar-refractivity contribution in [1.82, 2.24) is 5.48 Å². The van der Waals surface area contributed by atoms with Crippen LogP contribution in [0, 0.1) is 11.8 Å². The molecule has 13 nitrogen and oxygen atoms in total. The van der Waals surface area contributed by atoms with Gasteiger partial charge in [-0.15, -0.1) is 0 Å². The van der Waals surface area contributed by atoms with E-state index in [0.717, 1.165) is 0 Å². The first-order chi connectivity index (χ1) is 20.7.